The predicted octanol–water partition coefficient (Wildman–Crippen LogP) is 3.76. The minimum absolute atomic E-state index is 0.397. The van der Waals surface area contributed by atoms with Crippen molar-refractivity contribution in [3.05, 3.63) is 41.0 Å². The monoisotopic (exact) mass is 239 g/mol. The Hall–Kier alpha value is -1.22. The van der Waals surface area contributed by atoms with Crippen molar-refractivity contribution in [3.8, 4) is 0 Å². The molecule has 3 heteroatoms. The van der Waals surface area contributed by atoms with Crippen LogP contribution in [-0.4, -0.2) is 12.6 Å². The summed E-state index contributed by atoms with van der Waals surface area (Å²) in [5.41, 5.74) is 1.70. The largest absolute Gasteiger partial charge is 0.311 e. The van der Waals surface area contributed by atoms with E-state index in [-0.39, 0.29) is 0 Å². The predicted molar refractivity (Wildman–Crippen MR) is 67.8 cm³/mol. The molecule has 0 bridgehead atoms. The SMILES string of the molecule is CC/C(=C/c1cc(F)cc(F)c1)CNC(C)C. The summed E-state index contributed by atoms with van der Waals surface area (Å²) in [5, 5.41) is 3.29. The Morgan fingerprint density at radius 3 is 2.29 bits per heavy atom. The topological polar surface area (TPSA) is 12.0 Å². The normalized spacial score (nSPS) is 12.2. The summed E-state index contributed by atoms with van der Waals surface area (Å²) in [6.45, 7) is 6.90. The number of nitrogens with one attached hydrogen (secondary N) is 1. The zero-order valence-electron chi connectivity index (χ0n) is 10.6. The number of hydrogen-bond donors (Lipinski definition) is 1. The van der Waals surface area contributed by atoms with Gasteiger partial charge in [-0.25, -0.2) is 8.78 Å². The summed E-state index contributed by atoms with van der Waals surface area (Å²) < 4.78 is 26.0. The lowest BCUT2D eigenvalue weighted by Crippen LogP contribution is -2.24. The highest BCUT2D eigenvalue weighted by molar-refractivity contribution is 5.53. The summed E-state index contributed by atoms with van der Waals surface area (Å²) >= 11 is 0. The second-order valence-electron chi connectivity index (χ2n) is 4.39. The van der Waals surface area contributed by atoms with Crippen molar-refractivity contribution in [2.75, 3.05) is 6.54 Å². The molecule has 0 spiro atoms. The van der Waals surface area contributed by atoms with E-state index in [9.17, 15) is 8.78 Å². The molecule has 1 aromatic carbocycles. The van der Waals surface area contributed by atoms with E-state index in [4.69, 9.17) is 0 Å². The van der Waals surface area contributed by atoms with Crippen molar-refractivity contribution in [1.82, 2.24) is 5.32 Å². The third kappa shape index (κ3) is 5.09. The Morgan fingerprint density at radius 1 is 1.24 bits per heavy atom. The van der Waals surface area contributed by atoms with Crippen LogP contribution >= 0.6 is 0 Å². The minimum atomic E-state index is -0.538. The average molecular weight is 239 g/mol. The fraction of sp³-hybridized carbons (Fsp3) is 0.429. The van der Waals surface area contributed by atoms with E-state index in [2.05, 4.69) is 19.2 Å². The van der Waals surface area contributed by atoms with E-state index in [0.29, 0.717) is 11.6 Å². The standard InChI is InChI=1S/C14H19F2N/c1-4-11(9-17-10(2)3)5-12-6-13(15)8-14(16)7-12/h5-8,10,17H,4,9H2,1-3H3/b11-5-. The molecule has 0 heterocycles. The molecule has 0 aliphatic heterocycles. The van der Waals surface area contributed by atoms with Gasteiger partial charge in [-0.2, -0.15) is 0 Å². The third-order valence-electron chi connectivity index (χ3n) is 2.45. The fourth-order valence-electron chi connectivity index (χ4n) is 1.51. The second-order valence-corrected chi connectivity index (χ2v) is 4.39. The van der Waals surface area contributed by atoms with E-state index in [0.717, 1.165) is 24.6 Å². The molecule has 0 fully saturated rings. The van der Waals surface area contributed by atoms with Crippen LogP contribution in [0.3, 0.4) is 0 Å². The summed E-state index contributed by atoms with van der Waals surface area (Å²) in [4.78, 5) is 0. The summed E-state index contributed by atoms with van der Waals surface area (Å²) in [6, 6.07) is 3.96. The molecule has 17 heavy (non-hydrogen) atoms. The van der Waals surface area contributed by atoms with Gasteiger partial charge in [0.05, 0.1) is 0 Å². The Morgan fingerprint density at radius 2 is 1.82 bits per heavy atom. The number of benzene rings is 1. The van der Waals surface area contributed by atoms with Gasteiger partial charge in [-0.1, -0.05) is 32.4 Å². The molecule has 0 atom stereocenters. The van der Waals surface area contributed by atoms with Gasteiger partial charge in [0, 0.05) is 18.7 Å². The molecule has 1 nitrogen and oxygen atoms in total. The van der Waals surface area contributed by atoms with Crippen LogP contribution in [0.5, 0.6) is 0 Å². The smallest absolute Gasteiger partial charge is 0.126 e. The van der Waals surface area contributed by atoms with Gasteiger partial charge < -0.3 is 5.32 Å². The first-order valence-corrected chi connectivity index (χ1v) is 5.90. The molecule has 0 amide bonds. The molecule has 0 radical (unpaired) electrons. The molecule has 0 aliphatic carbocycles. The van der Waals surface area contributed by atoms with Gasteiger partial charge in [-0.15, -0.1) is 0 Å². The molecule has 0 aliphatic rings. The van der Waals surface area contributed by atoms with Gasteiger partial charge >= 0.3 is 0 Å². The average Bonchev–Trinajstić information content (AvgIpc) is 2.22. The zero-order chi connectivity index (χ0) is 12.8. The molecule has 0 saturated carbocycles. The van der Waals surface area contributed by atoms with Crippen molar-refractivity contribution >= 4 is 6.08 Å². The Balaban J connectivity index is 2.82. The maximum absolute atomic E-state index is 13.0. The Labute approximate surface area is 102 Å². The molecular weight excluding hydrogens is 220 g/mol. The van der Waals surface area contributed by atoms with Crippen molar-refractivity contribution in [2.45, 2.75) is 33.2 Å². The molecule has 0 unspecified atom stereocenters. The van der Waals surface area contributed by atoms with Crippen molar-refractivity contribution in [1.29, 1.82) is 0 Å². The fourth-order valence-corrected chi connectivity index (χ4v) is 1.51. The first-order valence-electron chi connectivity index (χ1n) is 5.90. The quantitative estimate of drug-likeness (QED) is 0.825. The van der Waals surface area contributed by atoms with E-state index < -0.39 is 11.6 Å². The van der Waals surface area contributed by atoms with Crippen LogP contribution in [0.25, 0.3) is 6.08 Å². The maximum atomic E-state index is 13.0. The van der Waals surface area contributed by atoms with Crippen LogP contribution in [0.4, 0.5) is 8.78 Å². The maximum Gasteiger partial charge on any atom is 0.126 e. The van der Waals surface area contributed by atoms with Crippen LogP contribution < -0.4 is 5.32 Å². The minimum Gasteiger partial charge on any atom is -0.311 e. The van der Waals surface area contributed by atoms with Crippen LogP contribution in [-0.2, 0) is 0 Å². The zero-order valence-corrected chi connectivity index (χ0v) is 10.6. The number of rotatable bonds is 5. The van der Waals surface area contributed by atoms with Crippen LogP contribution in [0.1, 0.15) is 32.8 Å². The summed E-state index contributed by atoms with van der Waals surface area (Å²) in [5.74, 6) is -1.08. The second kappa shape index (κ2) is 6.50. The van der Waals surface area contributed by atoms with Crippen LogP contribution in [0, 0.1) is 11.6 Å². The lowest BCUT2D eigenvalue weighted by atomic mass is 10.1. The molecule has 1 N–H and O–H groups in total. The highest BCUT2D eigenvalue weighted by Gasteiger charge is 2.01. The molecule has 0 saturated heterocycles. The first-order chi connectivity index (χ1) is 8.01. The highest BCUT2D eigenvalue weighted by atomic mass is 19.1. The molecular formula is C14H19F2N. The van der Waals surface area contributed by atoms with Gasteiger partial charge in [-0.3, -0.25) is 0 Å². The van der Waals surface area contributed by atoms with E-state index >= 15 is 0 Å². The molecule has 94 valence electrons. The lowest BCUT2D eigenvalue weighted by Gasteiger charge is -2.10. The third-order valence-corrected chi connectivity index (χ3v) is 2.45. The molecule has 0 aromatic heterocycles. The van der Waals surface area contributed by atoms with Gasteiger partial charge in [0.2, 0.25) is 0 Å². The van der Waals surface area contributed by atoms with E-state index in [1.165, 1.54) is 12.1 Å². The van der Waals surface area contributed by atoms with Gasteiger partial charge in [0.1, 0.15) is 11.6 Å². The Bertz CT molecular complexity index is 377. The van der Waals surface area contributed by atoms with E-state index in [1.807, 2.05) is 13.0 Å². The first kappa shape index (κ1) is 13.8. The summed E-state index contributed by atoms with van der Waals surface area (Å²) in [6.07, 6.45) is 2.69. The van der Waals surface area contributed by atoms with Gasteiger partial charge in [0.25, 0.3) is 0 Å². The Kier molecular flexibility index (Phi) is 5.29. The number of hydrogen-bond acceptors (Lipinski definition) is 1. The summed E-state index contributed by atoms with van der Waals surface area (Å²) in [7, 11) is 0. The highest BCUT2D eigenvalue weighted by Crippen LogP contribution is 2.13. The van der Waals surface area contributed by atoms with Crippen molar-refractivity contribution < 1.29 is 8.78 Å². The lowest BCUT2D eigenvalue weighted by molar-refractivity contribution is 0.582. The molecule has 1 rings (SSSR count). The van der Waals surface area contributed by atoms with Crippen molar-refractivity contribution in [3.63, 3.8) is 0 Å². The number of halogens is 2. The van der Waals surface area contributed by atoms with Gasteiger partial charge in [0.15, 0.2) is 0 Å². The van der Waals surface area contributed by atoms with Gasteiger partial charge in [-0.05, 0) is 24.1 Å². The van der Waals surface area contributed by atoms with Crippen molar-refractivity contribution in [2.24, 2.45) is 0 Å². The molecule has 1 aromatic rings. The van der Waals surface area contributed by atoms with Crippen LogP contribution in [0.15, 0.2) is 23.8 Å². The van der Waals surface area contributed by atoms with Crippen LogP contribution in [0.2, 0.25) is 0 Å². The van der Waals surface area contributed by atoms with E-state index in [1.54, 1.807) is 0 Å².